The Hall–Kier alpha value is -1.21. The fraction of sp³-hybridized carbons (Fsp3) is 0.769. The van der Waals surface area contributed by atoms with Gasteiger partial charge in [0.15, 0.2) is 0 Å². The van der Waals surface area contributed by atoms with Crippen molar-refractivity contribution in [1.82, 2.24) is 14.7 Å². The molecule has 2 rings (SSSR count). The zero-order valence-electron chi connectivity index (χ0n) is 10.8. The van der Waals surface area contributed by atoms with E-state index in [1.807, 2.05) is 18.9 Å². The van der Waals surface area contributed by atoms with Crippen LogP contribution in [-0.2, 0) is 0 Å². The zero-order chi connectivity index (χ0) is 12.3. The van der Waals surface area contributed by atoms with Crippen molar-refractivity contribution >= 4 is 6.03 Å². The van der Waals surface area contributed by atoms with Crippen molar-refractivity contribution in [3.63, 3.8) is 0 Å². The summed E-state index contributed by atoms with van der Waals surface area (Å²) in [4.78, 5) is 17.7. The summed E-state index contributed by atoms with van der Waals surface area (Å²) in [5.41, 5.74) is 0. The number of carbonyl (C=O) groups is 1. The first-order valence-corrected chi connectivity index (χ1v) is 6.41. The first-order chi connectivity index (χ1) is 8.18. The van der Waals surface area contributed by atoms with E-state index in [0.717, 1.165) is 19.6 Å². The van der Waals surface area contributed by atoms with Crippen LogP contribution in [0.25, 0.3) is 0 Å². The summed E-state index contributed by atoms with van der Waals surface area (Å²) >= 11 is 0. The Morgan fingerprint density at radius 2 is 1.94 bits per heavy atom. The highest BCUT2D eigenvalue weighted by molar-refractivity contribution is 5.76. The number of likely N-dealkylation sites (tertiary alicyclic amines) is 1. The molecule has 2 saturated heterocycles. The average molecular weight is 235 g/mol. The van der Waals surface area contributed by atoms with Crippen molar-refractivity contribution in [1.29, 1.82) is 0 Å². The second-order valence-electron chi connectivity index (χ2n) is 4.88. The summed E-state index contributed by atoms with van der Waals surface area (Å²) in [5, 5.41) is 0. The van der Waals surface area contributed by atoms with Gasteiger partial charge in [-0.15, -0.1) is 0 Å². The van der Waals surface area contributed by atoms with Crippen molar-refractivity contribution in [3.05, 3.63) is 0 Å². The number of likely N-dealkylation sites (N-methyl/N-ethyl adjacent to an activating group) is 1. The Bertz CT molecular complexity index is 338. The summed E-state index contributed by atoms with van der Waals surface area (Å²) in [7, 11) is 1.84. The van der Waals surface area contributed by atoms with E-state index < -0.39 is 0 Å². The summed E-state index contributed by atoms with van der Waals surface area (Å²) in [6.45, 7) is 6.82. The van der Waals surface area contributed by atoms with Crippen molar-refractivity contribution in [2.24, 2.45) is 0 Å². The van der Waals surface area contributed by atoms with E-state index in [9.17, 15) is 4.79 Å². The van der Waals surface area contributed by atoms with E-state index in [0.29, 0.717) is 0 Å². The molecule has 0 radical (unpaired) electrons. The van der Waals surface area contributed by atoms with Crippen molar-refractivity contribution in [3.8, 4) is 11.8 Å². The molecule has 0 spiro atoms. The molecule has 4 nitrogen and oxygen atoms in total. The van der Waals surface area contributed by atoms with Crippen LogP contribution in [0.15, 0.2) is 0 Å². The Kier molecular flexibility index (Phi) is 3.90. The van der Waals surface area contributed by atoms with E-state index in [1.54, 1.807) is 4.90 Å². The topological polar surface area (TPSA) is 26.8 Å². The lowest BCUT2D eigenvalue weighted by Gasteiger charge is -2.19. The van der Waals surface area contributed by atoms with E-state index >= 15 is 0 Å². The third-order valence-corrected chi connectivity index (χ3v) is 3.53. The van der Waals surface area contributed by atoms with Gasteiger partial charge in [-0.25, -0.2) is 4.79 Å². The number of hydrogen-bond acceptors (Lipinski definition) is 2. The highest BCUT2D eigenvalue weighted by atomic mass is 16.2. The number of carbonyl (C=O) groups excluding carboxylic acids is 1. The predicted molar refractivity (Wildman–Crippen MR) is 67.6 cm³/mol. The van der Waals surface area contributed by atoms with Crippen LogP contribution in [0.1, 0.15) is 19.8 Å². The molecule has 0 aliphatic carbocycles. The van der Waals surface area contributed by atoms with E-state index in [1.165, 1.54) is 25.9 Å². The van der Waals surface area contributed by atoms with Gasteiger partial charge in [-0.1, -0.05) is 11.8 Å². The molecule has 0 saturated carbocycles. The maximum absolute atomic E-state index is 11.7. The maximum atomic E-state index is 11.7. The average Bonchev–Trinajstić information content (AvgIpc) is 2.91. The second kappa shape index (κ2) is 5.42. The van der Waals surface area contributed by atoms with Gasteiger partial charge in [0.2, 0.25) is 0 Å². The van der Waals surface area contributed by atoms with Crippen molar-refractivity contribution in [2.45, 2.75) is 25.8 Å². The minimum Gasteiger partial charge on any atom is -0.326 e. The summed E-state index contributed by atoms with van der Waals surface area (Å²) in [6.07, 6.45) is 2.60. The normalized spacial score (nSPS) is 22.8. The lowest BCUT2D eigenvalue weighted by atomic mass is 10.3. The van der Waals surface area contributed by atoms with Gasteiger partial charge >= 0.3 is 6.03 Å². The van der Waals surface area contributed by atoms with E-state index in [4.69, 9.17) is 0 Å². The standard InChI is InChI=1S/C13H21N3O/c1-12(16-11-10-14(2)13(16)17)6-5-9-15-7-3-4-8-15/h12H,3-4,7-11H2,1-2H3/t12-/m0/s1. The Balaban J connectivity index is 1.82. The molecule has 2 aliphatic heterocycles. The quantitative estimate of drug-likeness (QED) is 0.663. The van der Waals surface area contributed by atoms with Crippen LogP contribution in [0.4, 0.5) is 4.79 Å². The minimum atomic E-state index is 0.0371. The second-order valence-corrected chi connectivity index (χ2v) is 4.88. The molecule has 2 fully saturated rings. The van der Waals surface area contributed by atoms with Crippen LogP contribution < -0.4 is 0 Å². The maximum Gasteiger partial charge on any atom is 0.320 e. The molecule has 1 atom stereocenters. The summed E-state index contributed by atoms with van der Waals surface area (Å²) < 4.78 is 0. The van der Waals surface area contributed by atoms with Crippen LogP contribution in [0.2, 0.25) is 0 Å². The summed E-state index contributed by atoms with van der Waals surface area (Å²) in [6, 6.07) is 0.142. The van der Waals surface area contributed by atoms with Crippen LogP contribution in [0.3, 0.4) is 0 Å². The van der Waals surface area contributed by atoms with Crippen LogP contribution in [0, 0.1) is 11.8 Å². The summed E-state index contributed by atoms with van der Waals surface area (Å²) in [5.74, 6) is 6.39. The first kappa shape index (κ1) is 12.3. The Morgan fingerprint density at radius 3 is 2.53 bits per heavy atom. The molecule has 0 N–H and O–H groups in total. The van der Waals surface area contributed by atoms with Gasteiger partial charge in [0.1, 0.15) is 0 Å². The molecule has 17 heavy (non-hydrogen) atoms. The lowest BCUT2D eigenvalue weighted by molar-refractivity contribution is 0.194. The molecule has 0 aromatic rings. The van der Waals surface area contributed by atoms with Gasteiger partial charge in [0, 0.05) is 20.1 Å². The molecule has 2 heterocycles. The number of hydrogen-bond donors (Lipinski definition) is 0. The number of nitrogens with zero attached hydrogens (tertiary/aromatic N) is 3. The first-order valence-electron chi connectivity index (χ1n) is 6.41. The van der Waals surface area contributed by atoms with Gasteiger partial charge in [-0.05, 0) is 32.9 Å². The molecular formula is C13H21N3O. The van der Waals surface area contributed by atoms with Gasteiger partial charge in [0.05, 0.1) is 12.6 Å². The molecule has 0 aromatic carbocycles. The van der Waals surface area contributed by atoms with E-state index in [2.05, 4.69) is 16.7 Å². The Morgan fingerprint density at radius 1 is 1.24 bits per heavy atom. The monoisotopic (exact) mass is 235 g/mol. The molecule has 94 valence electrons. The Labute approximate surface area is 104 Å². The molecule has 2 aliphatic rings. The van der Waals surface area contributed by atoms with Gasteiger partial charge in [-0.2, -0.15) is 0 Å². The SMILES string of the molecule is C[C@@H](C#CCN1CCCC1)N1CCN(C)C1=O. The zero-order valence-corrected chi connectivity index (χ0v) is 10.8. The third-order valence-electron chi connectivity index (χ3n) is 3.53. The van der Waals surface area contributed by atoms with Crippen molar-refractivity contribution in [2.75, 3.05) is 39.8 Å². The van der Waals surface area contributed by atoms with Crippen LogP contribution in [0.5, 0.6) is 0 Å². The number of amides is 2. The molecule has 4 heteroatoms. The number of rotatable bonds is 2. The fourth-order valence-corrected chi connectivity index (χ4v) is 2.35. The van der Waals surface area contributed by atoms with E-state index in [-0.39, 0.29) is 12.1 Å². The lowest BCUT2D eigenvalue weighted by Crippen LogP contribution is -2.35. The smallest absolute Gasteiger partial charge is 0.320 e. The number of urea groups is 1. The molecule has 2 amide bonds. The van der Waals surface area contributed by atoms with Gasteiger partial charge < -0.3 is 9.80 Å². The predicted octanol–water partition coefficient (Wildman–Crippen LogP) is 0.841. The van der Waals surface area contributed by atoms with Gasteiger partial charge in [-0.3, -0.25) is 4.90 Å². The molecule has 0 aromatic heterocycles. The molecule has 0 unspecified atom stereocenters. The van der Waals surface area contributed by atoms with Crippen LogP contribution in [-0.4, -0.2) is 66.5 Å². The largest absolute Gasteiger partial charge is 0.326 e. The van der Waals surface area contributed by atoms with Gasteiger partial charge in [0.25, 0.3) is 0 Å². The molecule has 0 bridgehead atoms. The molecular weight excluding hydrogens is 214 g/mol. The highest BCUT2D eigenvalue weighted by Crippen LogP contribution is 2.10. The van der Waals surface area contributed by atoms with Crippen LogP contribution >= 0.6 is 0 Å². The van der Waals surface area contributed by atoms with Crippen molar-refractivity contribution < 1.29 is 4.79 Å². The fourth-order valence-electron chi connectivity index (χ4n) is 2.35. The highest BCUT2D eigenvalue weighted by Gasteiger charge is 2.28. The minimum absolute atomic E-state index is 0.0371. The third kappa shape index (κ3) is 2.92.